The summed E-state index contributed by atoms with van der Waals surface area (Å²) < 4.78 is 1.89. The maximum atomic E-state index is 11.7. The molecule has 0 saturated carbocycles. The Morgan fingerprint density at radius 1 is 1.41 bits per heavy atom. The molecule has 1 aliphatic rings. The van der Waals surface area contributed by atoms with Gasteiger partial charge in [0.25, 0.3) is 5.56 Å². The number of piperidine rings is 1. The van der Waals surface area contributed by atoms with Gasteiger partial charge >= 0.3 is 0 Å². The minimum atomic E-state index is -0.108. The Balaban J connectivity index is 2.09. The molecule has 1 aliphatic heterocycles. The van der Waals surface area contributed by atoms with E-state index in [-0.39, 0.29) is 5.56 Å². The topological polar surface area (TPSA) is 50.2 Å². The number of hydrogen-bond acceptors (Lipinski definition) is 4. The van der Waals surface area contributed by atoms with Gasteiger partial charge in [0, 0.05) is 13.1 Å². The van der Waals surface area contributed by atoms with Gasteiger partial charge in [0.1, 0.15) is 4.47 Å². The minimum Gasteiger partial charge on any atom is -0.380 e. The first-order valence-electron chi connectivity index (χ1n) is 5.75. The second-order valence-electron chi connectivity index (χ2n) is 4.52. The molecule has 5 nitrogen and oxygen atoms in total. The number of hydrogen-bond donors (Lipinski definition) is 1. The second-order valence-corrected chi connectivity index (χ2v) is 5.32. The Morgan fingerprint density at radius 3 is 2.71 bits per heavy atom. The third-order valence-electron chi connectivity index (χ3n) is 3.16. The van der Waals surface area contributed by atoms with E-state index in [2.05, 4.69) is 38.3 Å². The lowest BCUT2D eigenvalue weighted by atomic mass is 10.1. The van der Waals surface area contributed by atoms with Crippen molar-refractivity contribution < 1.29 is 0 Å². The monoisotopic (exact) mass is 300 g/mol. The van der Waals surface area contributed by atoms with Crippen LogP contribution in [0.25, 0.3) is 0 Å². The number of halogens is 1. The van der Waals surface area contributed by atoms with Crippen LogP contribution in [0.5, 0.6) is 0 Å². The lowest BCUT2D eigenvalue weighted by molar-refractivity contribution is 0.264. The number of likely N-dealkylation sites (tertiary alicyclic amines) is 1. The van der Waals surface area contributed by atoms with Gasteiger partial charge in [-0.3, -0.25) is 4.79 Å². The van der Waals surface area contributed by atoms with Gasteiger partial charge in [-0.1, -0.05) is 0 Å². The van der Waals surface area contributed by atoms with Gasteiger partial charge in [-0.2, -0.15) is 5.10 Å². The summed E-state index contributed by atoms with van der Waals surface area (Å²) in [5.41, 5.74) is 0.686. The number of rotatable bonds is 2. The lowest BCUT2D eigenvalue weighted by Gasteiger charge is -2.30. The van der Waals surface area contributed by atoms with Crippen LogP contribution in [0.1, 0.15) is 12.8 Å². The molecule has 0 aliphatic carbocycles. The van der Waals surface area contributed by atoms with Gasteiger partial charge in [-0.15, -0.1) is 0 Å². The normalized spacial score (nSPS) is 18.3. The third kappa shape index (κ3) is 2.87. The van der Waals surface area contributed by atoms with Gasteiger partial charge in [-0.05, 0) is 48.9 Å². The fourth-order valence-corrected chi connectivity index (χ4v) is 2.46. The Labute approximate surface area is 109 Å². The Kier molecular flexibility index (Phi) is 3.83. The number of aromatic nitrogens is 2. The maximum absolute atomic E-state index is 11.7. The number of nitrogens with zero attached hydrogens (tertiary/aromatic N) is 3. The number of nitrogens with one attached hydrogen (secondary N) is 1. The van der Waals surface area contributed by atoms with Crippen molar-refractivity contribution in [3.8, 4) is 0 Å². The number of aryl methyl sites for hydroxylation is 1. The molecule has 0 atom stereocenters. The number of anilines is 1. The summed E-state index contributed by atoms with van der Waals surface area (Å²) in [5.74, 6) is 0. The summed E-state index contributed by atoms with van der Waals surface area (Å²) in [6, 6.07) is 0.427. The fraction of sp³-hybridized carbons (Fsp3) is 0.636. The Hall–Kier alpha value is -0.880. The first-order valence-corrected chi connectivity index (χ1v) is 6.54. The quantitative estimate of drug-likeness (QED) is 0.887. The Bertz CT molecular complexity index is 451. The molecule has 1 N–H and O–H groups in total. The van der Waals surface area contributed by atoms with Crippen molar-refractivity contribution in [1.82, 2.24) is 14.7 Å². The van der Waals surface area contributed by atoms with Crippen molar-refractivity contribution in [2.75, 3.05) is 25.5 Å². The van der Waals surface area contributed by atoms with Crippen molar-refractivity contribution >= 4 is 21.6 Å². The highest BCUT2D eigenvalue weighted by Gasteiger charge is 2.18. The van der Waals surface area contributed by atoms with Crippen molar-refractivity contribution in [2.45, 2.75) is 18.9 Å². The maximum Gasteiger partial charge on any atom is 0.282 e. The third-order valence-corrected chi connectivity index (χ3v) is 3.92. The van der Waals surface area contributed by atoms with Gasteiger partial charge in [0.2, 0.25) is 0 Å². The molecule has 0 bridgehead atoms. The second kappa shape index (κ2) is 5.18. The van der Waals surface area contributed by atoms with Crippen LogP contribution in [0.15, 0.2) is 15.5 Å². The predicted molar refractivity (Wildman–Crippen MR) is 71.3 cm³/mol. The average Bonchev–Trinajstić information content (AvgIpc) is 2.33. The summed E-state index contributed by atoms with van der Waals surface area (Å²) >= 11 is 3.32. The van der Waals surface area contributed by atoms with Gasteiger partial charge in [0.05, 0.1) is 11.9 Å². The van der Waals surface area contributed by atoms with Gasteiger partial charge < -0.3 is 10.2 Å². The summed E-state index contributed by atoms with van der Waals surface area (Å²) in [5, 5.41) is 7.41. The molecule has 0 spiro atoms. The van der Waals surface area contributed by atoms with Crippen LogP contribution in [-0.4, -0.2) is 40.9 Å². The molecule has 0 unspecified atom stereocenters. The molecule has 0 radical (unpaired) electrons. The molecule has 1 fully saturated rings. The summed E-state index contributed by atoms with van der Waals surface area (Å²) in [7, 11) is 3.78. The van der Waals surface area contributed by atoms with Crippen LogP contribution in [0, 0.1) is 0 Å². The molecule has 94 valence electrons. The summed E-state index contributed by atoms with van der Waals surface area (Å²) in [6.07, 6.45) is 3.89. The molecule has 6 heteroatoms. The molecule has 0 aromatic carbocycles. The molecule has 1 saturated heterocycles. The van der Waals surface area contributed by atoms with Crippen LogP contribution in [-0.2, 0) is 7.05 Å². The van der Waals surface area contributed by atoms with E-state index < -0.39 is 0 Å². The van der Waals surface area contributed by atoms with Crippen molar-refractivity contribution in [3.63, 3.8) is 0 Å². The van der Waals surface area contributed by atoms with E-state index in [1.54, 1.807) is 13.2 Å². The molecule has 17 heavy (non-hydrogen) atoms. The van der Waals surface area contributed by atoms with Crippen LogP contribution in [0.3, 0.4) is 0 Å². The van der Waals surface area contributed by atoms with Crippen molar-refractivity contribution in [2.24, 2.45) is 7.05 Å². The van der Waals surface area contributed by atoms with Crippen LogP contribution >= 0.6 is 15.9 Å². The van der Waals surface area contributed by atoms with Crippen molar-refractivity contribution in [3.05, 3.63) is 21.0 Å². The minimum absolute atomic E-state index is 0.108. The highest BCUT2D eigenvalue weighted by molar-refractivity contribution is 9.10. The predicted octanol–water partition coefficient (Wildman–Crippen LogP) is 1.05. The SMILES string of the molecule is CN1CCC(Nc2cnn(C)c(=O)c2Br)CC1. The molecule has 0 amide bonds. The van der Waals surface area contributed by atoms with Gasteiger partial charge in [0.15, 0.2) is 0 Å². The molecule has 2 heterocycles. The summed E-state index contributed by atoms with van der Waals surface area (Å²) in [6.45, 7) is 2.18. The van der Waals surface area contributed by atoms with E-state index in [0.717, 1.165) is 31.6 Å². The van der Waals surface area contributed by atoms with E-state index in [1.165, 1.54) is 4.68 Å². The van der Waals surface area contributed by atoms with E-state index >= 15 is 0 Å². The van der Waals surface area contributed by atoms with Crippen LogP contribution in [0.2, 0.25) is 0 Å². The molecular formula is C11H17BrN4O. The molecule has 2 rings (SSSR count). The highest BCUT2D eigenvalue weighted by Crippen LogP contribution is 2.20. The van der Waals surface area contributed by atoms with Crippen molar-refractivity contribution in [1.29, 1.82) is 0 Å². The zero-order valence-corrected chi connectivity index (χ0v) is 11.7. The smallest absolute Gasteiger partial charge is 0.282 e. The molecule has 1 aromatic heterocycles. The average molecular weight is 301 g/mol. The van der Waals surface area contributed by atoms with Gasteiger partial charge in [-0.25, -0.2) is 4.68 Å². The van der Waals surface area contributed by atoms with E-state index in [1.807, 2.05) is 0 Å². The van der Waals surface area contributed by atoms with E-state index in [9.17, 15) is 4.79 Å². The fourth-order valence-electron chi connectivity index (χ4n) is 1.98. The first-order chi connectivity index (χ1) is 8.08. The van der Waals surface area contributed by atoms with Crippen LogP contribution < -0.4 is 10.9 Å². The highest BCUT2D eigenvalue weighted by atomic mass is 79.9. The largest absolute Gasteiger partial charge is 0.380 e. The summed E-state index contributed by atoms with van der Waals surface area (Å²) in [4.78, 5) is 14.0. The lowest BCUT2D eigenvalue weighted by Crippen LogP contribution is -2.37. The first kappa shape index (κ1) is 12.6. The zero-order chi connectivity index (χ0) is 12.4. The molecular weight excluding hydrogens is 284 g/mol. The molecule has 1 aromatic rings. The standard InChI is InChI=1S/C11H17BrN4O/c1-15-5-3-8(4-6-15)14-9-7-13-16(2)11(17)10(9)12/h7-8,14H,3-6H2,1-2H3. The Morgan fingerprint density at radius 2 is 2.06 bits per heavy atom. The zero-order valence-electron chi connectivity index (χ0n) is 10.1. The van der Waals surface area contributed by atoms with Crippen LogP contribution in [0.4, 0.5) is 5.69 Å². The van der Waals surface area contributed by atoms with E-state index in [0.29, 0.717) is 10.5 Å². The van der Waals surface area contributed by atoms with E-state index in [4.69, 9.17) is 0 Å².